The molecule has 1 aromatic carbocycles. The highest BCUT2D eigenvalue weighted by atomic mass is 16.5. The van der Waals surface area contributed by atoms with Crippen molar-refractivity contribution < 1.29 is 14.3 Å². The summed E-state index contributed by atoms with van der Waals surface area (Å²) in [6.07, 6.45) is 1.02. The lowest BCUT2D eigenvalue weighted by Gasteiger charge is -2.42. The van der Waals surface area contributed by atoms with Crippen molar-refractivity contribution in [2.75, 3.05) is 57.8 Å². The van der Waals surface area contributed by atoms with Gasteiger partial charge in [0.2, 0.25) is 5.91 Å². The van der Waals surface area contributed by atoms with Crippen molar-refractivity contribution in [2.45, 2.75) is 25.3 Å². The number of anilines is 1. The van der Waals surface area contributed by atoms with E-state index in [1.54, 1.807) is 13.2 Å². The number of hydrogen-bond acceptors (Lipinski definition) is 6. The number of fused-ring (bicyclic) bond motifs is 4. The fourth-order valence-electron chi connectivity index (χ4n) is 5.73. The van der Waals surface area contributed by atoms with Gasteiger partial charge >= 0.3 is 0 Å². The third-order valence-electron chi connectivity index (χ3n) is 7.35. The van der Waals surface area contributed by atoms with Crippen LogP contribution in [0.2, 0.25) is 0 Å². The predicted octanol–water partition coefficient (Wildman–Crippen LogP) is 1.58. The SMILES string of the molecule is COc1cccc(N2CCN(C(=O)CC(=O)CN3CC4CC(C3)c3cccc(=O)n3C4)CC2)c1. The molecule has 0 aliphatic carbocycles. The largest absolute Gasteiger partial charge is 0.497 e. The highest BCUT2D eigenvalue weighted by Crippen LogP contribution is 2.34. The summed E-state index contributed by atoms with van der Waals surface area (Å²) in [4.78, 5) is 44.0. The Kier molecular flexibility index (Phi) is 6.41. The molecule has 3 aliphatic rings. The van der Waals surface area contributed by atoms with E-state index >= 15 is 0 Å². The Hall–Kier alpha value is -3.13. The van der Waals surface area contributed by atoms with Gasteiger partial charge in [0.1, 0.15) is 5.75 Å². The van der Waals surface area contributed by atoms with Crippen molar-refractivity contribution in [1.82, 2.24) is 14.4 Å². The number of amides is 1. The van der Waals surface area contributed by atoms with Crippen LogP contribution in [0.5, 0.6) is 5.75 Å². The van der Waals surface area contributed by atoms with E-state index < -0.39 is 0 Å². The van der Waals surface area contributed by atoms with Gasteiger partial charge < -0.3 is 19.1 Å². The van der Waals surface area contributed by atoms with E-state index in [0.717, 1.165) is 49.7 Å². The predicted molar refractivity (Wildman–Crippen MR) is 129 cm³/mol. The van der Waals surface area contributed by atoms with E-state index in [-0.39, 0.29) is 29.6 Å². The van der Waals surface area contributed by atoms with Gasteiger partial charge in [0.25, 0.3) is 5.56 Å². The average molecular weight is 465 g/mol. The van der Waals surface area contributed by atoms with Crippen molar-refractivity contribution >= 4 is 17.4 Å². The molecular weight excluding hydrogens is 432 g/mol. The first-order valence-electron chi connectivity index (χ1n) is 12.1. The van der Waals surface area contributed by atoms with E-state index in [1.165, 1.54) is 0 Å². The van der Waals surface area contributed by atoms with Crippen molar-refractivity contribution in [3.8, 4) is 5.75 Å². The number of nitrogens with zero attached hydrogens (tertiary/aromatic N) is 4. The number of ketones is 1. The minimum atomic E-state index is -0.0793. The third kappa shape index (κ3) is 4.73. The number of likely N-dealkylation sites (tertiary alicyclic amines) is 1. The number of benzene rings is 1. The number of piperazine rings is 1. The maximum Gasteiger partial charge on any atom is 0.250 e. The lowest BCUT2D eigenvalue weighted by Crippen LogP contribution is -2.50. The number of Topliss-reactive ketones (excluding diaryl/α,β-unsaturated/α-hetero) is 1. The van der Waals surface area contributed by atoms with Crippen LogP contribution < -0.4 is 15.2 Å². The van der Waals surface area contributed by atoms with Gasteiger partial charge in [-0.15, -0.1) is 0 Å². The van der Waals surface area contributed by atoms with E-state index in [2.05, 4.69) is 9.80 Å². The first kappa shape index (κ1) is 22.7. The second-order valence-corrected chi connectivity index (χ2v) is 9.68. The van der Waals surface area contributed by atoms with Crippen LogP contribution in [0, 0.1) is 5.92 Å². The zero-order valence-corrected chi connectivity index (χ0v) is 19.7. The molecule has 2 saturated heterocycles. The van der Waals surface area contributed by atoms with Gasteiger partial charge in [0.05, 0.1) is 20.1 Å². The number of ether oxygens (including phenoxy) is 1. The molecular formula is C26H32N4O4. The molecule has 8 heteroatoms. The fourth-order valence-corrected chi connectivity index (χ4v) is 5.73. The number of methoxy groups -OCH3 is 1. The molecule has 0 saturated carbocycles. The number of rotatable bonds is 6. The van der Waals surface area contributed by atoms with E-state index in [1.807, 2.05) is 45.9 Å². The molecule has 2 atom stereocenters. The second kappa shape index (κ2) is 9.62. The fraction of sp³-hybridized carbons (Fsp3) is 0.500. The van der Waals surface area contributed by atoms with Crippen molar-refractivity contribution in [3.05, 3.63) is 58.5 Å². The standard InChI is InChI=1S/C26H32N4O4/c1-34-23-5-2-4-21(13-23)28-8-10-29(11-9-28)26(33)14-22(31)18-27-15-19-12-20(17-27)24-6-3-7-25(32)30(24)16-19/h2-7,13,19-20H,8-12,14-18H2,1H3. The van der Waals surface area contributed by atoms with Crippen molar-refractivity contribution in [3.63, 3.8) is 0 Å². The highest BCUT2D eigenvalue weighted by molar-refractivity contribution is 5.99. The highest BCUT2D eigenvalue weighted by Gasteiger charge is 2.35. The van der Waals surface area contributed by atoms with Gasteiger partial charge in [0.15, 0.2) is 5.78 Å². The Labute approximate surface area is 199 Å². The first-order chi connectivity index (χ1) is 16.5. The first-order valence-corrected chi connectivity index (χ1v) is 12.1. The summed E-state index contributed by atoms with van der Waals surface area (Å²) in [5, 5.41) is 0. The normalized spacial score (nSPS) is 22.3. The summed E-state index contributed by atoms with van der Waals surface area (Å²) in [7, 11) is 1.66. The third-order valence-corrected chi connectivity index (χ3v) is 7.35. The molecule has 34 heavy (non-hydrogen) atoms. The molecule has 180 valence electrons. The topological polar surface area (TPSA) is 75.1 Å². The molecule has 0 radical (unpaired) electrons. The van der Waals surface area contributed by atoms with Crippen LogP contribution in [-0.2, 0) is 16.1 Å². The monoisotopic (exact) mass is 464 g/mol. The van der Waals surface area contributed by atoms with Crippen molar-refractivity contribution in [2.24, 2.45) is 5.92 Å². The zero-order valence-electron chi connectivity index (χ0n) is 19.7. The summed E-state index contributed by atoms with van der Waals surface area (Å²) in [5.74, 6) is 1.36. The number of hydrogen-bond donors (Lipinski definition) is 0. The van der Waals surface area contributed by atoms with E-state index in [9.17, 15) is 14.4 Å². The quantitative estimate of drug-likeness (QED) is 0.605. The molecule has 3 aliphatic heterocycles. The lowest BCUT2D eigenvalue weighted by molar-refractivity contribution is -0.136. The molecule has 2 unspecified atom stereocenters. The minimum absolute atomic E-state index is 0.0225. The van der Waals surface area contributed by atoms with Gasteiger partial charge in [-0.25, -0.2) is 0 Å². The molecule has 2 fully saturated rings. The van der Waals surface area contributed by atoms with Crippen LogP contribution in [0.4, 0.5) is 5.69 Å². The molecule has 5 rings (SSSR count). The van der Waals surface area contributed by atoms with Crippen LogP contribution in [0.25, 0.3) is 0 Å². The number of carbonyl (C=O) groups excluding carboxylic acids is 2. The van der Waals surface area contributed by atoms with Gasteiger partial charge in [-0.3, -0.25) is 19.3 Å². The molecule has 0 N–H and O–H groups in total. The van der Waals surface area contributed by atoms with Gasteiger partial charge in [-0.1, -0.05) is 12.1 Å². The Morgan fingerprint density at radius 3 is 2.59 bits per heavy atom. The summed E-state index contributed by atoms with van der Waals surface area (Å²) in [6.45, 7) is 5.29. The summed E-state index contributed by atoms with van der Waals surface area (Å²) in [5.41, 5.74) is 2.22. The Bertz CT molecular complexity index is 1120. The number of piperidine rings is 1. The molecule has 4 heterocycles. The van der Waals surface area contributed by atoms with E-state index in [4.69, 9.17) is 4.74 Å². The summed E-state index contributed by atoms with van der Waals surface area (Å²) in [6, 6.07) is 13.4. The summed E-state index contributed by atoms with van der Waals surface area (Å²) >= 11 is 0. The second-order valence-electron chi connectivity index (χ2n) is 9.68. The molecule has 2 aromatic rings. The van der Waals surface area contributed by atoms with Gasteiger partial charge in [-0.2, -0.15) is 0 Å². The Morgan fingerprint density at radius 2 is 1.79 bits per heavy atom. The van der Waals surface area contributed by atoms with Crippen LogP contribution in [0.3, 0.4) is 0 Å². The van der Waals surface area contributed by atoms with Gasteiger partial charge in [0, 0.05) is 75.2 Å². The molecule has 0 spiro atoms. The van der Waals surface area contributed by atoms with Crippen LogP contribution in [0.1, 0.15) is 24.5 Å². The van der Waals surface area contributed by atoms with Gasteiger partial charge in [-0.05, 0) is 30.5 Å². The van der Waals surface area contributed by atoms with Crippen LogP contribution in [-0.4, -0.2) is 79.0 Å². The Balaban J connectivity index is 1.12. The average Bonchev–Trinajstić information content (AvgIpc) is 2.84. The maximum absolute atomic E-state index is 12.8. The lowest BCUT2D eigenvalue weighted by atomic mass is 9.83. The smallest absolute Gasteiger partial charge is 0.250 e. The molecule has 8 nitrogen and oxygen atoms in total. The number of pyridine rings is 1. The Morgan fingerprint density at radius 1 is 1.00 bits per heavy atom. The minimum Gasteiger partial charge on any atom is -0.497 e. The van der Waals surface area contributed by atoms with E-state index in [0.29, 0.717) is 32.1 Å². The van der Waals surface area contributed by atoms with Crippen molar-refractivity contribution in [1.29, 1.82) is 0 Å². The zero-order chi connectivity index (χ0) is 23.7. The van der Waals surface area contributed by atoms with Crippen LogP contribution in [0.15, 0.2) is 47.3 Å². The maximum atomic E-state index is 12.8. The number of aromatic nitrogens is 1. The summed E-state index contributed by atoms with van der Waals surface area (Å²) < 4.78 is 7.21. The molecule has 2 bridgehead atoms. The molecule has 1 amide bonds. The number of carbonyl (C=O) groups is 2. The molecule has 1 aromatic heterocycles. The van der Waals surface area contributed by atoms with Crippen LogP contribution >= 0.6 is 0 Å².